The molecule has 2 aromatic rings. The first kappa shape index (κ1) is 30.7. The van der Waals surface area contributed by atoms with Gasteiger partial charge in [-0.15, -0.1) is 0 Å². The van der Waals surface area contributed by atoms with Crippen LogP contribution in [0.4, 0.5) is 0 Å². The Morgan fingerprint density at radius 2 is 1.60 bits per heavy atom. The molecule has 0 aromatic heterocycles. The fourth-order valence-corrected chi connectivity index (χ4v) is 6.57. The van der Waals surface area contributed by atoms with Gasteiger partial charge in [0.2, 0.25) is 0 Å². The van der Waals surface area contributed by atoms with Crippen molar-refractivity contribution in [2.75, 3.05) is 13.2 Å². The number of carbonyl (C=O) groups is 1. The van der Waals surface area contributed by atoms with Crippen molar-refractivity contribution in [3.63, 3.8) is 0 Å². The van der Waals surface area contributed by atoms with Gasteiger partial charge in [0, 0.05) is 0 Å². The van der Waals surface area contributed by atoms with E-state index in [0.717, 1.165) is 18.4 Å². The van der Waals surface area contributed by atoms with Gasteiger partial charge in [0.25, 0.3) is 0 Å². The first-order chi connectivity index (χ1) is 19.0. The first-order valence-electron chi connectivity index (χ1n) is 14.0. The van der Waals surface area contributed by atoms with Gasteiger partial charge in [-0.05, 0) is 51.3 Å². The van der Waals surface area contributed by atoms with Crippen LogP contribution in [0.15, 0.2) is 60.7 Å². The lowest BCUT2D eigenvalue weighted by Gasteiger charge is -2.33. The molecule has 1 N–H and O–H groups in total. The zero-order valence-electron chi connectivity index (χ0n) is 24.2. The summed E-state index contributed by atoms with van der Waals surface area (Å²) in [6.45, 7) is 11.4. The molecule has 0 spiro atoms. The van der Waals surface area contributed by atoms with Crippen LogP contribution in [0.25, 0.3) is 0 Å². The zero-order chi connectivity index (χ0) is 29.0. The molecule has 0 aliphatic carbocycles. The lowest BCUT2D eigenvalue weighted by molar-refractivity contribution is -0.211. The molecule has 0 amide bonds. The predicted molar refractivity (Wildman–Crippen MR) is 151 cm³/mol. The molecule has 9 nitrogen and oxygen atoms in total. The Bertz CT molecular complexity index is 1160. The molecule has 4 rings (SSSR count). The highest BCUT2D eigenvalue weighted by atomic mass is 31.2. The Balaban J connectivity index is 1.52. The Morgan fingerprint density at radius 1 is 0.975 bits per heavy atom. The fraction of sp³-hybridized carbons (Fsp3) is 0.567. The van der Waals surface area contributed by atoms with Crippen LogP contribution in [0.1, 0.15) is 66.1 Å². The third-order valence-electron chi connectivity index (χ3n) is 7.36. The number of hydrogen-bond donors (Lipinski definition) is 1. The summed E-state index contributed by atoms with van der Waals surface area (Å²) in [6.07, 6.45) is 0.491. The molecule has 10 heteroatoms. The molecule has 0 radical (unpaired) electrons. The van der Waals surface area contributed by atoms with Gasteiger partial charge in [-0.2, -0.15) is 5.09 Å². The third-order valence-corrected chi connectivity index (χ3v) is 8.99. The molecule has 2 aliphatic rings. The maximum atomic E-state index is 14.1. The maximum absolute atomic E-state index is 14.1. The highest BCUT2D eigenvalue weighted by Gasteiger charge is 2.61. The molecule has 6 atom stereocenters. The second-order valence-corrected chi connectivity index (χ2v) is 12.8. The van der Waals surface area contributed by atoms with Crippen LogP contribution >= 0.6 is 7.75 Å². The number of esters is 1. The average molecular weight is 576 g/mol. The van der Waals surface area contributed by atoms with Gasteiger partial charge in [0.05, 0.1) is 13.2 Å². The third kappa shape index (κ3) is 7.32. The summed E-state index contributed by atoms with van der Waals surface area (Å²) >= 11 is 0. The van der Waals surface area contributed by atoms with Gasteiger partial charge in [0.1, 0.15) is 35.7 Å². The average Bonchev–Trinajstić information content (AvgIpc) is 3.40. The van der Waals surface area contributed by atoms with Crippen LogP contribution in [0.2, 0.25) is 0 Å². The molecule has 220 valence electrons. The van der Waals surface area contributed by atoms with Crippen molar-refractivity contribution in [3.05, 3.63) is 66.2 Å². The zero-order valence-corrected chi connectivity index (χ0v) is 25.1. The maximum Gasteiger partial charge on any atom is 0.459 e. The van der Waals surface area contributed by atoms with E-state index < -0.39 is 49.5 Å². The number of carbonyl (C=O) groups excluding carboxylic acids is 1. The summed E-state index contributed by atoms with van der Waals surface area (Å²) < 4.78 is 50.5. The minimum atomic E-state index is -4.10. The number of para-hydroxylation sites is 1. The first-order valence-corrected chi connectivity index (χ1v) is 15.5. The minimum absolute atomic E-state index is 0.149. The van der Waals surface area contributed by atoms with E-state index in [2.05, 4.69) is 18.9 Å². The van der Waals surface area contributed by atoms with Crippen LogP contribution < -0.4 is 9.61 Å². The van der Waals surface area contributed by atoms with Crippen molar-refractivity contribution in [2.24, 2.45) is 5.92 Å². The molecule has 2 aliphatic heterocycles. The fourth-order valence-electron chi connectivity index (χ4n) is 4.99. The summed E-state index contributed by atoms with van der Waals surface area (Å²) in [5.41, 5.74) is -0.0894. The standard InChI is InChI=1S/C30H42NO8P/c1-7-22(8-2)19-34-28(32)21(3)31-40(33,39-24-17-13-10-14-18-24)35-20-30(6)27-26(36-29(4,5)38-27)25(37-30)23-15-11-9-12-16-23/h9-18,21-22,25-27H,7-8,19-20H2,1-6H3,(H,31,33)/t21-,25?,26-,27-,30+,40?/m0/s1. The second-order valence-electron chi connectivity index (χ2n) is 11.1. The van der Waals surface area contributed by atoms with E-state index in [4.69, 9.17) is 28.0 Å². The molecular weight excluding hydrogens is 533 g/mol. The molecule has 2 heterocycles. The van der Waals surface area contributed by atoms with Crippen molar-refractivity contribution in [2.45, 2.75) is 90.1 Å². The van der Waals surface area contributed by atoms with Gasteiger partial charge < -0.3 is 23.5 Å². The minimum Gasteiger partial charge on any atom is -0.464 e. The quantitative estimate of drug-likeness (QED) is 0.221. The highest BCUT2D eigenvalue weighted by Crippen LogP contribution is 2.52. The van der Waals surface area contributed by atoms with Crippen molar-refractivity contribution in [1.29, 1.82) is 0 Å². The van der Waals surface area contributed by atoms with E-state index in [9.17, 15) is 9.36 Å². The number of ether oxygens (including phenoxy) is 4. The summed E-state index contributed by atoms with van der Waals surface area (Å²) in [4.78, 5) is 12.8. The Kier molecular flexibility index (Phi) is 9.76. The van der Waals surface area contributed by atoms with Crippen molar-refractivity contribution in [3.8, 4) is 5.75 Å². The molecule has 2 unspecified atom stereocenters. The molecule has 2 saturated heterocycles. The van der Waals surface area contributed by atoms with Gasteiger partial charge in [-0.1, -0.05) is 75.2 Å². The van der Waals surface area contributed by atoms with Crippen LogP contribution in [0, 0.1) is 5.92 Å². The largest absolute Gasteiger partial charge is 0.464 e. The SMILES string of the molecule is CCC(CC)COC(=O)[C@H](C)NP(=O)(OC[C@@]1(C)OC(c2ccccc2)[C@@H]2OC(C)(C)O[C@@H]21)Oc1ccccc1. The van der Waals surface area contributed by atoms with E-state index in [1.165, 1.54) is 0 Å². The summed E-state index contributed by atoms with van der Waals surface area (Å²) in [5.74, 6) is -0.768. The van der Waals surface area contributed by atoms with Crippen molar-refractivity contribution < 1.29 is 37.4 Å². The number of benzene rings is 2. The van der Waals surface area contributed by atoms with Crippen LogP contribution in [-0.2, 0) is 32.8 Å². The number of rotatable bonds is 13. The van der Waals surface area contributed by atoms with Gasteiger partial charge in [-0.25, -0.2) is 4.57 Å². The van der Waals surface area contributed by atoms with Crippen LogP contribution in [0.3, 0.4) is 0 Å². The Morgan fingerprint density at radius 3 is 2.23 bits per heavy atom. The van der Waals surface area contributed by atoms with Gasteiger partial charge in [-0.3, -0.25) is 9.32 Å². The molecule has 40 heavy (non-hydrogen) atoms. The smallest absolute Gasteiger partial charge is 0.459 e. The highest BCUT2D eigenvalue weighted by molar-refractivity contribution is 7.52. The van der Waals surface area contributed by atoms with E-state index in [1.807, 2.05) is 57.2 Å². The van der Waals surface area contributed by atoms with Crippen molar-refractivity contribution >= 4 is 13.7 Å². The van der Waals surface area contributed by atoms with E-state index >= 15 is 0 Å². The molecule has 2 aromatic carbocycles. The van der Waals surface area contributed by atoms with Crippen LogP contribution in [0.5, 0.6) is 5.75 Å². The monoisotopic (exact) mass is 575 g/mol. The van der Waals surface area contributed by atoms with E-state index in [-0.39, 0.29) is 12.5 Å². The van der Waals surface area contributed by atoms with E-state index in [0.29, 0.717) is 12.4 Å². The summed E-state index contributed by atoms with van der Waals surface area (Å²) in [5, 5.41) is 2.77. The van der Waals surface area contributed by atoms with Gasteiger partial charge in [0.15, 0.2) is 5.79 Å². The molecular formula is C30H42NO8P. The predicted octanol–water partition coefficient (Wildman–Crippen LogP) is 6.20. The van der Waals surface area contributed by atoms with Crippen LogP contribution in [-0.4, -0.2) is 48.8 Å². The summed E-state index contributed by atoms with van der Waals surface area (Å²) in [6, 6.07) is 17.5. The lowest BCUT2D eigenvalue weighted by Crippen LogP contribution is -2.45. The number of nitrogens with one attached hydrogen (secondary N) is 1. The summed E-state index contributed by atoms with van der Waals surface area (Å²) in [7, 11) is -4.10. The normalized spacial score (nSPS) is 27.6. The molecule has 2 fully saturated rings. The Labute approximate surface area is 237 Å². The topological polar surface area (TPSA) is 102 Å². The van der Waals surface area contributed by atoms with Crippen molar-refractivity contribution in [1.82, 2.24) is 5.09 Å². The second kappa shape index (κ2) is 12.7. The number of hydrogen-bond acceptors (Lipinski definition) is 8. The van der Waals surface area contributed by atoms with E-state index in [1.54, 1.807) is 31.2 Å². The molecule has 0 saturated carbocycles. The lowest BCUT2D eigenvalue weighted by atomic mass is 9.95. The van der Waals surface area contributed by atoms with Gasteiger partial charge >= 0.3 is 13.7 Å². The molecule has 0 bridgehead atoms. The number of fused-ring (bicyclic) bond motifs is 1. The Hall–Kier alpha value is -2.26.